The molecule has 5 rings (SSSR count). The molecule has 2 aromatic heterocycles. The van der Waals surface area contributed by atoms with E-state index in [1.807, 2.05) is 11.4 Å². The molecule has 1 aliphatic heterocycles. The number of hydrogen-bond donors (Lipinski definition) is 5. The van der Waals surface area contributed by atoms with Gasteiger partial charge in [-0.15, -0.1) is 11.3 Å². The van der Waals surface area contributed by atoms with Gasteiger partial charge in [-0.1, -0.05) is 0 Å². The van der Waals surface area contributed by atoms with Crippen molar-refractivity contribution < 1.29 is 24.2 Å². The van der Waals surface area contributed by atoms with Gasteiger partial charge in [-0.3, -0.25) is 9.59 Å². The zero-order chi connectivity index (χ0) is 27.1. The van der Waals surface area contributed by atoms with Crippen LogP contribution in [0.1, 0.15) is 49.9 Å². The first kappa shape index (κ1) is 25.9. The predicted octanol–water partition coefficient (Wildman–Crippen LogP) is 2.89. The first-order valence-electron chi connectivity index (χ1n) is 12.4. The summed E-state index contributed by atoms with van der Waals surface area (Å²) in [5.74, 6) is -0.0649. The molecule has 0 bridgehead atoms. The topological polar surface area (TPSA) is 160 Å². The summed E-state index contributed by atoms with van der Waals surface area (Å²) in [7, 11) is 0. The number of aromatic nitrogens is 1. The van der Waals surface area contributed by atoms with Crippen LogP contribution in [-0.4, -0.2) is 52.5 Å². The molecule has 2 saturated carbocycles. The molecule has 2 amide bonds. The molecule has 10 nitrogen and oxygen atoms in total. The lowest BCUT2D eigenvalue weighted by Crippen LogP contribution is -2.59. The van der Waals surface area contributed by atoms with Crippen LogP contribution in [0.3, 0.4) is 0 Å². The molecule has 3 aliphatic rings. The summed E-state index contributed by atoms with van der Waals surface area (Å²) in [6, 6.07) is 3.64. The van der Waals surface area contributed by atoms with Crippen LogP contribution in [-0.2, 0) is 9.53 Å². The molecule has 6 N–H and O–H groups in total. The van der Waals surface area contributed by atoms with Gasteiger partial charge in [-0.25, -0.2) is 4.98 Å². The molecule has 11 heteroatoms. The summed E-state index contributed by atoms with van der Waals surface area (Å²) in [6.45, 7) is 3.43. The van der Waals surface area contributed by atoms with Crippen LogP contribution in [0.2, 0.25) is 0 Å². The molecule has 1 spiro atoms. The second-order valence-electron chi connectivity index (χ2n) is 10.8. The fourth-order valence-electron chi connectivity index (χ4n) is 5.17. The minimum atomic E-state index is -0.959. The zero-order valence-corrected chi connectivity index (χ0v) is 22.1. The van der Waals surface area contributed by atoms with Gasteiger partial charge in [0.2, 0.25) is 5.88 Å². The lowest BCUT2D eigenvalue weighted by Gasteiger charge is -2.57. The van der Waals surface area contributed by atoms with Crippen molar-refractivity contribution in [3.63, 3.8) is 0 Å². The van der Waals surface area contributed by atoms with Gasteiger partial charge in [0.15, 0.2) is 0 Å². The van der Waals surface area contributed by atoms with Gasteiger partial charge in [-0.2, -0.15) is 0 Å². The minimum Gasteiger partial charge on any atom is -0.489 e. The zero-order valence-electron chi connectivity index (χ0n) is 21.2. The minimum absolute atomic E-state index is 0.0225. The number of rotatable bonds is 9. The number of carbonyl (C=O) groups is 2. The van der Waals surface area contributed by atoms with Crippen LogP contribution in [0, 0.1) is 10.8 Å². The third-order valence-electron chi connectivity index (χ3n) is 7.02. The number of nitrogens with one attached hydrogen (secondary N) is 3. The van der Waals surface area contributed by atoms with Gasteiger partial charge in [0.25, 0.3) is 11.8 Å². The van der Waals surface area contributed by atoms with E-state index in [9.17, 15) is 14.7 Å². The Morgan fingerprint density at radius 2 is 2.11 bits per heavy atom. The van der Waals surface area contributed by atoms with Crippen LogP contribution in [0.5, 0.6) is 5.88 Å². The molecule has 0 radical (unpaired) electrons. The Balaban J connectivity index is 1.12. The average Bonchev–Trinajstić information content (AvgIpc) is 3.27. The first-order chi connectivity index (χ1) is 18.0. The monoisotopic (exact) mass is 537 g/mol. The molecule has 0 unspecified atom stereocenters. The highest BCUT2D eigenvalue weighted by Gasteiger charge is 2.54. The maximum Gasteiger partial charge on any atom is 0.255 e. The van der Waals surface area contributed by atoms with E-state index >= 15 is 0 Å². The Morgan fingerprint density at radius 3 is 2.74 bits per heavy atom. The third-order valence-corrected chi connectivity index (χ3v) is 7.87. The molecule has 0 aromatic carbocycles. The normalized spacial score (nSPS) is 25.5. The van der Waals surface area contributed by atoms with Crippen molar-refractivity contribution in [3.8, 4) is 5.88 Å². The Labute approximate surface area is 224 Å². The number of ether oxygens (including phenoxy) is 2. The summed E-state index contributed by atoms with van der Waals surface area (Å²) < 4.78 is 12.5. The average molecular weight is 538 g/mol. The van der Waals surface area contributed by atoms with E-state index in [0.717, 1.165) is 42.1 Å². The van der Waals surface area contributed by atoms with E-state index in [1.165, 1.54) is 11.3 Å². The smallest absolute Gasteiger partial charge is 0.255 e. The van der Waals surface area contributed by atoms with Crippen molar-refractivity contribution in [2.75, 3.05) is 6.61 Å². The lowest BCUT2D eigenvalue weighted by molar-refractivity contribution is -0.123. The van der Waals surface area contributed by atoms with Crippen molar-refractivity contribution in [1.82, 2.24) is 15.6 Å². The van der Waals surface area contributed by atoms with Crippen molar-refractivity contribution in [3.05, 3.63) is 58.5 Å². The standard InChI is InChI=1S/C27H31N5O5S/c1-26(2,35)14-36-16-3-4-20(30-13-16)19(12-28)24(34)31-15-8-27(9-15)10-17(11-27)37-25-18(23(29)33)7-22-21(32-25)5-6-38-22/h3-7,12-13,15,17,28,30,35H,8-11,14H2,1-2H3,(H2,29,33)(H,31,34)/b20-19+,28-12?. The van der Waals surface area contributed by atoms with Gasteiger partial charge in [0.05, 0.1) is 27.1 Å². The number of fused-ring (bicyclic) bond motifs is 1. The van der Waals surface area contributed by atoms with Crippen LogP contribution >= 0.6 is 11.3 Å². The van der Waals surface area contributed by atoms with Gasteiger partial charge in [0, 0.05) is 18.5 Å². The van der Waals surface area contributed by atoms with Crippen molar-refractivity contribution in [2.45, 2.75) is 57.3 Å². The maximum absolute atomic E-state index is 12.9. The molecule has 200 valence electrons. The number of thiophene rings is 1. The summed E-state index contributed by atoms with van der Waals surface area (Å²) in [5, 5.41) is 25.5. The largest absolute Gasteiger partial charge is 0.489 e. The quantitative estimate of drug-likeness (QED) is 0.243. The SMILES string of the molecule is CC(C)(O)COC1=CN/C(=C(\C=N)C(=O)NC2CC3(C2)CC(Oc2nc4ccsc4cc2C(N)=O)C3)C=C1. The second kappa shape index (κ2) is 9.88. The summed E-state index contributed by atoms with van der Waals surface area (Å²) >= 11 is 1.50. The Kier molecular flexibility index (Phi) is 6.74. The first-order valence-corrected chi connectivity index (χ1v) is 13.3. The Hall–Kier alpha value is -3.70. The predicted molar refractivity (Wildman–Crippen MR) is 144 cm³/mol. The van der Waals surface area contributed by atoms with E-state index in [2.05, 4.69) is 15.6 Å². The van der Waals surface area contributed by atoms with E-state index < -0.39 is 11.5 Å². The summed E-state index contributed by atoms with van der Waals surface area (Å²) in [5.41, 5.74) is 6.50. The van der Waals surface area contributed by atoms with Crippen LogP contribution in [0.4, 0.5) is 0 Å². The Morgan fingerprint density at radius 1 is 1.34 bits per heavy atom. The molecule has 3 heterocycles. The van der Waals surface area contributed by atoms with Crippen LogP contribution in [0.15, 0.2) is 52.9 Å². The maximum atomic E-state index is 12.9. The highest BCUT2D eigenvalue weighted by Crippen LogP contribution is 2.57. The molecular weight excluding hydrogens is 506 g/mol. The van der Waals surface area contributed by atoms with Crippen LogP contribution in [0.25, 0.3) is 10.2 Å². The number of carbonyl (C=O) groups excluding carboxylic acids is 2. The number of nitrogens with two attached hydrogens (primary N) is 1. The van der Waals surface area contributed by atoms with E-state index in [1.54, 1.807) is 38.3 Å². The van der Waals surface area contributed by atoms with Gasteiger partial charge in [-0.05, 0) is 74.6 Å². The molecule has 2 fully saturated rings. The molecule has 0 atom stereocenters. The third kappa shape index (κ3) is 5.44. The van der Waals surface area contributed by atoms with Crippen molar-refractivity contribution in [2.24, 2.45) is 11.1 Å². The number of primary amides is 1. The molecule has 2 aromatic rings. The van der Waals surface area contributed by atoms with E-state index in [0.29, 0.717) is 17.0 Å². The molecular formula is C27H31N5O5S. The van der Waals surface area contributed by atoms with Crippen molar-refractivity contribution >= 4 is 39.6 Å². The lowest BCUT2D eigenvalue weighted by atomic mass is 9.53. The number of amides is 2. The van der Waals surface area contributed by atoms with Crippen molar-refractivity contribution in [1.29, 1.82) is 5.41 Å². The highest BCUT2D eigenvalue weighted by atomic mass is 32.1. The molecule has 38 heavy (non-hydrogen) atoms. The van der Waals surface area contributed by atoms with E-state index in [4.69, 9.17) is 20.6 Å². The van der Waals surface area contributed by atoms with Gasteiger partial charge >= 0.3 is 0 Å². The van der Waals surface area contributed by atoms with Crippen LogP contribution < -0.4 is 21.1 Å². The molecule has 0 saturated heterocycles. The number of nitrogens with zero attached hydrogens (tertiary/aromatic N) is 1. The number of dihydropyridines is 1. The Bertz CT molecular complexity index is 1370. The van der Waals surface area contributed by atoms with E-state index in [-0.39, 0.29) is 41.5 Å². The van der Waals surface area contributed by atoms with Gasteiger partial charge in [0.1, 0.15) is 24.0 Å². The second-order valence-corrected chi connectivity index (χ2v) is 11.8. The number of allylic oxidation sites excluding steroid dienone is 2. The number of pyridine rings is 1. The fraction of sp³-hybridized carbons (Fsp3) is 0.407. The van der Waals surface area contributed by atoms with Gasteiger partial charge < -0.3 is 36.4 Å². The fourth-order valence-corrected chi connectivity index (χ4v) is 5.93. The number of hydrogen-bond acceptors (Lipinski definition) is 9. The summed E-state index contributed by atoms with van der Waals surface area (Å²) in [4.78, 5) is 29.3. The highest BCUT2D eigenvalue weighted by molar-refractivity contribution is 7.17. The summed E-state index contributed by atoms with van der Waals surface area (Å²) in [6.07, 6.45) is 9.25. The molecule has 2 aliphatic carbocycles. The number of aliphatic hydroxyl groups is 1.